The van der Waals surface area contributed by atoms with Gasteiger partial charge in [-0.05, 0) is 25.5 Å². The fourth-order valence-corrected chi connectivity index (χ4v) is 3.89. The largest absolute Gasteiger partial charge is 0.442 e. The molecule has 0 radical (unpaired) electrons. The van der Waals surface area contributed by atoms with Crippen molar-refractivity contribution in [1.29, 1.82) is 0 Å². The van der Waals surface area contributed by atoms with Crippen molar-refractivity contribution in [3.05, 3.63) is 57.3 Å². The van der Waals surface area contributed by atoms with Gasteiger partial charge in [-0.25, -0.2) is 9.97 Å². The third-order valence-electron chi connectivity index (χ3n) is 4.09. The molecule has 3 aromatic heterocycles. The van der Waals surface area contributed by atoms with Gasteiger partial charge in [0, 0.05) is 13.0 Å². The minimum Gasteiger partial charge on any atom is -0.442 e. The summed E-state index contributed by atoms with van der Waals surface area (Å²) in [7, 11) is 0. The first kappa shape index (κ1) is 16.5. The number of para-hydroxylation sites is 1. The van der Waals surface area contributed by atoms with Crippen molar-refractivity contribution >= 4 is 38.6 Å². The molecule has 0 aliphatic carbocycles. The van der Waals surface area contributed by atoms with Crippen LogP contribution in [-0.4, -0.2) is 27.4 Å². The van der Waals surface area contributed by atoms with Gasteiger partial charge in [0.15, 0.2) is 0 Å². The zero-order chi connectivity index (χ0) is 18.1. The molecule has 0 saturated heterocycles. The Morgan fingerprint density at radius 1 is 1.35 bits per heavy atom. The topological polar surface area (TPSA) is 101 Å². The third kappa shape index (κ3) is 2.99. The van der Waals surface area contributed by atoms with E-state index in [1.54, 1.807) is 18.3 Å². The highest BCUT2D eigenvalue weighted by atomic mass is 32.1. The number of amides is 1. The molecule has 0 aliphatic rings. The Morgan fingerprint density at radius 3 is 3.04 bits per heavy atom. The van der Waals surface area contributed by atoms with Crippen LogP contribution in [0, 0.1) is 6.92 Å². The van der Waals surface area contributed by atoms with Crippen molar-refractivity contribution in [3.63, 3.8) is 0 Å². The number of hydrogen-bond acceptors (Lipinski definition) is 6. The number of furan rings is 1. The first-order valence-electron chi connectivity index (χ1n) is 8.23. The van der Waals surface area contributed by atoms with Gasteiger partial charge in [-0.15, -0.1) is 11.3 Å². The van der Waals surface area contributed by atoms with E-state index in [0.29, 0.717) is 12.3 Å². The molecule has 0 unspecified atom stereocenters. The minimum absolute atomic E-state index is 0.172. The molecule has 0 aliphatic heterocycles. The highest BCUT2D eigenvalue weighted by molar-refractivity contribution is 7.18. The normalized spacial score (nSPS) is 11.3. The predicted octanol–water partition coefficient (Wildman–Crippen LogP) is 2.80. The maximum Gasteiger partial charge on any atom is 0.262 e. The molecule has 4 aromatic rings. The van der Waals surface area contributed by atoms with Crippen LogP contribution in [0.3, 0.4) is 0 Å². The van der Waals surface area contributed by atoms with Gasteiger partial charge in [-0.2, -0.15) is 0 Å². The maximum absolute atomic E-state index is 12.5. The van der Waals surface area contributed by atoms with Gasteiger partial charge >= 0.3 is 0 Å². The van der Waals surface area contributed by atoms with Gasteiger partial charge < -0.3 is 14.7 Å². The van der Waals surface area contributed by atoms with Gasteiger partial charge in [0.25, 0.3) is 11.5 Å². The summed E-state index contributed by atoms with van der Waals surface area (Å²) in [6.45, 7) is 2.14. The van der Waals surface area contributed by atoms with Crippen LogP contribution in [0.15, 0.2) is 39.8 Å². The van der Waals surface area contributed by atoms with Crippen molar-refractivity contribution in [1.82, 2.24) is 20.3 Å². The van der Waals surface area contributed by atoms with Crippen LogP contribution in [0.25, 0.3) is 21.3 Å². The molecule has 1 aromatic carbocycles. The third-order valence-corrected chi connectivity index (χ3v) is 5.18. The van der Waals surface area contributed by atoms with E-state index >= 15 is 0 Å². The first-order chi connectivity index (χ1) is 12.6. The van der Waals surface area contributed by atoms with Gasteiger partial charge in [0.1, 0.15) is 11.1 Å². The number of aromatic amines is 1. The lowest BCUT2D eigenvalue weighted by Crippen LogP contribution is -2.26. The molecule has 0 spiro atoms. The molecule has 0 saturated carbocycles. The van der Waals surface area contributed by atoms with E-state index in [0.717, 1.165) is 23.4 Å². The number of thiazole rings is 1. The Morgan fingerprint density at radius 2 is 2.19 bits per heavy atom. The summed E-state index contributed by atoms with van der Waals surface area (Å²) in [6.07, 6.45) is 2.80. The number of carbonyl (C=O) groups is 1. The number of rotatable bonds is 5. The van der Waals surface area contributed by atoms with E-state index in [1.807, 2.05) is 18.2 Å². The summed E-state index contributed by atoms with van der Waals surface area (Å²) in [5, 5.41) is 4.08. The second-order valence-electron chi connectivity index (χ2n) is 5.88. The molecule has 1 amide bonds. The van der Waals surface area contributed by atoms with Crippen molar-refractivity contribution in [3.8, 4) is 0 Å². The molecule has 7 nitrogen and oxygen atoms in total. The summed E-state index contributed by atoms with van der Waals surface area (Å²) < 4.78 is 6.58. The summed E-state index contributed by atoms with van der Waals surface area (Å²) in [5.74, 6) is 0.0527. The molecular weight excluding hydrogens is 352 g/mol. The number of H-pyrrole nitrogens is 1. The second kappa shape index (κ2) is 6.72. The lowest BCUT2D eigenvalue weighted by Gasteiger charge is -2.03. The number of benzene rings is 1. The molecule has 2 N–H and O–H groups in total. The van der Waals surface area contributed by atoms with Crippen LogP contribution in [0.1, 0.15) is 27.5 Å². The van der Waals surface area contributed by atoms with Crippen molar-refractivity contribution in [2.24, 2.45) is 0 Å². The molecule has 0 fully saturated rings. The fourth-order valence-electron chi connectivity index (χ4n) is 2.88. The quantitative estimate of drug-likeness (QED) is 0.528. The molecule has 8 heteroatoms. The summed E-state index contributed by atoms with van der Waals surface area (Å²) in [6, 6.07) is 8.02. The average molecular weight is 368 g/mol. The van der Waals surface area contributed by atoms with Crippen LogP contribution < -0.4 is 10.9 Å². The van der Waals surface area contributed by atoms with Gasteiger partial charge in [0.05, 0.1) is 27.1 Å². The fraction of sp³-hybridized carbons (Fsp3) is 0.222. The van der Waals surface area contributed by atoms with Crippen molar-refractivity contribution in [2.75, 3.05) is 6.54 Å². The molecule has 4 rings (SSSR count). The summed E-state index contributed by atoms with van der Waals surface area (Å²) in [4.78, 5) is 35.5. The lowest BCUT2D eigenvalue weighted by atomic mass is 10.1. The Hall–Kier alpha value is -3.00. The Labute approximate surface area is 152 Å². The monoisotopic (exact) mass is 368 g/mol. The predicted molar refractivity (Wildman–Crippen MR) is 99.6 cm³/mol. The molecule has 132 valence electrons. The number of nitrogens with one attached hydrogen (secondary N) is 2. The number of aromatic nitrogens is 3. The van der Waals surface area contributed by atoms with E-state index in [2.05, 4.69) is 26.3 Å². The van der Waals surface area contributed by atoms with Crippen molar-refractivity contribution in [2.45, 2.75) is 19.8 Å². The van der Waals surface area contributed by atoms with E-state index in [9.17, 15) is 9.59 Å². The summed E-state index contributed by atoms with van der Waals surface area (Å²) >= 11 is 1.67. The van der Waals surface area contributed by atoms with Crippen LogP contribution in [-0.2, 0) is 6.42 Å². The number of aryl methyl sites for hydroxylation is 2. The summed E-state index contributed by atoms with van der Waals surface area (Å²) in [5.41, 5.74) is 1.04. The van der Waals surface area contributed by atoms with Crippen LogP contribution in [0.4, 0.5) is 0 Å². The molecule has 26 heavy (non-hydrogen) atoms. The smallest absolute Gasteiger partial charge is 0.262 e. The molecule has 3 heterocycles. The van der Waals surface area contributed by atoms with E-state index < -0.39 is 0 Å². The SMILES string of the molecule is Cc1oc2nc[nH]c(=O)c2c1C(=O)NCCCc1nc2ccccc2s1. The Bertz CT molecular complexity index is 1130. The van der Waals surface area contributed by atoms with Gasteiger partial charge in [-0.3, -0.25) is 9.59 Å². The van der Waals surface area contributed by atoms with Gasteiger partial charge in [0.2, 0.25) is 5.71 Å². The van der Waals surface area contributed by atoms with Crippen molar-refractivity contribution < 1.29 is 9.21 Å². The minimum atomic E-state index is -0.383. The molecular formula is C18H16N4O3S. The van der Waals surface area contributed by atoms with E-state index in [-0.39, 0.29) is 28.1 Å². The number of hydrogen-bond donors (Lipinski definition) is 2. The second-order valence-corrected chi connectivity index (χ2v) is 7.00. The zero-order valence-corrected chi connectivity index (χ0v) is 14.9. The molecule has 0 atom stereocenters. The molecule has 0 bridgehead atoms. The number of nitrogens with zero attached hydrogens (tertiary/aromatic N) is 2. The first-order valence-corrected chi connectivity index (χ1v) is 9.04. The van der Waals surface area contributed by atoms with E-state index in [4.69, 9.17) is 4.42 Å². The van der Waals surface area contributed by atoms with Crippen LogP contribution in [0.2, 0.25) is 0 Å². The maximum atomic E-state index is 12.5. The van der Waals surface area contributed by atoms with E-state index in [1.165, 1.54) is 11.0 Å². The number of fused-ring (bicyclic) bond motifs is 2. The zero-order valence-electron chi connectivity index (χ0n) is 14.0. The highest BCUT2D eigenvalue weighted by Gasteiger charge is 2.21. The Kier molecular flexibility index (Phi) is 4.26. The average Bonchev–Trinajstić information content (AvgIpc) is 3.19. The van der Waals surface area contributed by atoms with Crippen LogP contribution >= 0.6 is 11.3 Å². The standard InChI is InChI=1S/C18H16N4O3S/c1-10-14(15-17(24)20-9-21-18(15)25-10)16(23)19-8-4-7-13-22-11-5-2-3-6-12(11)26-13/h2-3,5-6,9H,4,7-8H2,1H3,(H,19,23)(H,20,21,24). The lowest BCUT2D eigenvalue weighted by molar-refractivity contribution is 0.0953. The van der Waals surface area contributed by atoms with Gasteiger partial charge in [-0.1, -0.05) is 12.1 Å². The Balaban J connectivity index is 1.41. The number of carbonyl (C=O) groups excluding carboxylic acids is 1. The van der Waals surface area contributed by atoms with Crippen LogP contribution in [0.5, 0.6) is 0 Å². The highest BCUT2D eigenvalue weighted by Crippen LogP contribution is 2.22.